The van der Waals surface area contributed by atoms with Crippen LogP contribution in [0.5, 0.6) is 0 Å². The number of halogens is 1. The summed E-state index contributed by atoms with van der Waals surface area (Å²) in [7, 11) is 0. The summed E-state index contributed by atoms with van der Waals surface area (Å²) in [6, 6.07) is 0. The molecular weight excluding hydrogens is 152 g/mol. The zero-order valence-corrected chi connectivity index (χ0v) is 4.96. The molecule has 1 fully saturated rings. The van der Waals surface area contributed by atoms with E-state index in [1.165, 1.54) is 0 Å². The molecule has 0 radical (unpaired) electrons. The van der Waals surface area contributed by atoms with Crippen LogP contribution in [0.15, 0.2) is 0 Å². The summed E-state index contributed by atoms with van der Waals surface area (Å²) < 4.78 is 82.6. The third kappa shape index (κ3) is 1.81. The van der Waals surface area contributed by atoms with Crippen molar-refractivity contribution in [2.24, 2.45) is 0 Å². The van der Waals surface area contributed by atoms with Crippen molar-refractivity contribution in [1.29, 1.82) is 0 Å². The van der Waals surface area contributed by atoms with E-state index in [0.29, 0.717) is 0 Å². The molecule has 0 spiro atoms. The molecule has 0 atom stereocenters. The Labute approximate surface area is 68.9 Å². The SMILES string of the molecule is [2H]C1([2H])C([2H])([2H])C([2H])([2H])C([2H])(Br)C([2H])([2H])C1([2H])[2H]. The van der Waals surface area contributed by atoms with E-state index in [-0.39, 0.29) is 0 Å². The van der Waals surface area contributed by atoms with Gasteiger partial charge in [0.15, 0.2) is 0 Å². The highest BCUT2D eigenvalue weighted by molar-refractivity contribution is 9.09. The summed E-state index contributed by atoms with van der Waals surface area (Å²) in [4.78, 5) is -2.97. The van der Waals surface area contributed by atoms with Crippen LogP contribution in [0.2, 0.25) is 0 Å². The number of rotatable bonds is 0. The second-order valence-corrected chi connectivity index (χ2v) is 1.73. The third-order valence-electron chi connectivity index (χ3n) is 0.469. The summed E-state index contributed by atoms with van der Waals surface area (Å²) in [6.45, 7) is 0. The Bertz CT molecular complexity index is 253. The summed E-state index contributed by atoms with van der Waals surface area (Å²) in [5, 5.41) is 0. The van der Waals surface area contributed by atoms with Crippen LogP contribution in [-0.2, 0) is 0 Å². The monoisotopic (exact) mass is 173 g/mol. The molecule has 1 aliphatic rings. The highest BCUT2D eigenvalue weighted by Gasteiger charge is 2.07. The first-order valence-electron chi connectivity index (χ1n) is 7.19. The van der Waals surface area contributed by atoms with Gasteiger partial charge in [-0.15, -0.1) is 0 Å². The molecule has 0 aromatic rings. The molecule has 1 rings (SSSR count). The van der Waals surface area contributed by atoms with Crippen LogP contribution in [0.4, 0.5) is 0 Å². The van der Waals surface area contributed by atoms with E-state index in [1.807, 2.05) is 0 Å². The third-order valence-corrected chi connectivity index (χ3v) is 0.866. The first kappa shape index (κ1) is 0.920. The second-order valence-electron chi connectivity index (χ2n) is 0.939. The first-order valence-corrected chi connectivity index (χ1v) is 2.48. The molecule has 0 bridgehead atoms. The van der Waals surface area contributed by atoms with E-state index in [1.54, 1.807) is 0 Å². The maximum absolute atomic E-state index is 7.64. The molecular formula is C6H11Br. The van der Waals surface area contributed by atoms with Crippen molar-refractivity contribution in [3.05, 3.63) is 0 Å². The summed E-state index contributed by atoms with van der Waals surface area (Å²) in [5.74, 6) is 0. The summed E-state index contributed by atoms with van der Waals surface area (Å²) >= 11 is 2.41. The molecule has 0 aliphatic heterocycles. The molecule has 0 aromatic heterocycles. The Kier molecular flexibility index (Phi) is 0.356. The minimum Gasteiger partial charge on any atom is -0.0891 e. The Morgan fingerprint density at radius 1 is 1.43 bits per heavy atom. The van der Waals surface area contributed by atoms with Crippen molar-refractivity contribution in [3.63, 3.8) is 0 Å². The van der Waals surface area contributed by atoms with Crippen molar-refractivity contribution >= 4 is 15.9 Å². The number of alkyl halides is 1. The van der Waals surface area contributed by atoms with Gasteiger partial charge in [0, 0.05) is 19.9 Å². The fourth-order valence-electron chi connectivity index (χ4n) is 0.235. The van der Waals surface area contributed by atoms with Crippen molar-refractivity contribution in [1.82, 2.24) is 0 Å². The normalized spacial score (nSPS) is 89.0. The fraction of sp³-hybridized carbons (Fsp3) is 1.00. The minimum absolute atomic E-state index is 2.41. The van der Waals surface area contributed by atoms with E-state index >= 15 is 0 Å². The van der Waals surface area contributed by atoms with Crippen molar-refractivity contribution in [3.8, 4) is 0 Å². The lowest BCUT2D eigenvalue weighted by Crippen LogP contribution is -2.02. The second kappa shape index (κ2) is 2.71. The van der Waals surface area contributed by atoms with Crippen LogP contribution in [0.1, 0.15) is 46.9 Å². The van der Waals surface area contributed by atoms with E-state index in [4.69, 9.17) is 15.1 Å². The van der Waals surface area contributed by atoms with E-state index < -0.39 is 36.7 Å². The molecule has 42 valence electrons. The Morgan fingerprint density at radius 2 is 2.00 bits per heavy atom. The van der Waals surface area contributed by atoms with Crippen LogP contribution in [0.25, 0.3) is 0 Å². The quantitative estimate of drug-likeness (QED) is 0.495. The predicted octanol–water partition coefficient (Wildman–Crippen LogP) is 2.71. The predicted molar refractivity (Wildman–Crippen MR) is 35.8 cm³/mol. The average Bonchev–Trinajstić information content (AvgIpc) is 2.14. The molecule has 0 amide bonds. The number of hydrogen-bond donors (Lipinski definition) is 0. The Hall–Kier alpha value is 0.480. The lowest BCUT2D eigenvalue weighted by Gasteiger charge is -2.13. The van der Waals surface area contributed by atoms with Crippen LogP contribution in [0.3, 0.4) is 0 Å². The molecule has 0 heterocycles. The molecule has 0 unspecified atom stereocenters. The van der Waals surface area contributed by atoms with Crippen LogP contribution in [0, 0.1) is 0 Å². The molecule has 1 heteroatoms. The van der Waals surface area contributed by atoms with Gasteiger partial charge in [0.1, 0.15) is 0 Å². The van der Waals surface area contributed by atoms with Gasteiger partial charge < -0.3 is 0 Å². The standard InChI is InChI=1S/C6H11Br/c7-6-4-2-1-3-5-6/h6H,1-5H2/i1D2,2D2,3D2,4D2,5D2,6D. The van der Waals surface area contributed by atoms with Crippen LogP contribution < -0.4 is 0 Å². The van der Waals surface area contributed by atoms with Gasteiger partial charge in [-0.3, -0.25) is 0 Å². The van der Waals surface area contributed by atoms with Gasteiger partial charge in [0.05, 0.1) is 0 Å². The average molecular weight is 174 g/mol. The summed E-state index contributed by atoms with van der Waals surface area (Å²) in [5.41, 5.74) is 0. The largest absolute Gasteiger partial charge is 0.0891 e. The maximum Gasteiger partial charge on any atom is 0.0423 e. The molecule has 0 saturated heterocycles. The Balaban J connectivity index is 3.72. The van der Waals surface area contributed by atoms with Gasteiger partial charge in [0.25, 0.3) is 0 Å². The van der Waals surface area contributed by atoms with Crippen LogP contribution >= 0.6 is 15.9 Å². The lowest BCUT2D eigenvalue weighted by molar-refractivity contribution is 0.521. The molecule has 1 aliphatic carbocycles. The number of hydrogen-bond acceptors (Lipinski definition) is 0. The minimum atomic E-state index is -3.44. The Morgan fingerprint density at radius 3 is 2.57 bits per heavy atom. The zero-order valence-electron chi connectivity index (χ0n) is 14.4. The molecule has 0 N–H and O–H groups in total. The van der Waals surface area contributed by atoms with Gasteiger partial charge in [-0.25, -0.2) is 0 Å². The first-order chi connectivity index (χ1) is 7.50. The topological polar surface area (TPSA) is 0 Å². The lowest BCUT2D eigenvalue weighted by atomic mass is 10.0. The van der Waals surface area contributed by atoms with Gasteiger partial charge in [-0.05, 0) is 12.7 Å². The van der Waals surface area contributed by atoms with E-state index in [9.17, 15) is 0 Å². The molecule has 1 saturated carbocycles. The zero-order chi connectivity index (χ0) is 15.0. The highest BCUT2D eigenvalue weighted by atomic mass is 79.9. The van der Waals surface area contributed by atoms with Gasteiger partial charge in [-0.1, -0.05) is 35.0 Å². The van der Waals surface area contributed by atoms with Crippen molar-refractivity contribution in [2.45, 2.75) is 36.7 Å². The van der Waals surface area contributed by atoms with Crippen molar-refractivity contribution in [2.75, 3.05) is 0 Å². The molecule has 0 aromatic carbocycles. The summed E-state index contributed by atoms with van der Waals surface area (Å²) in [6.07, 6.45) is -16.8. The molecule has 0 nitrogen and oxygen atoms in total. The van der Waals surface area contributed by atoms with Gasteiger partial charge in [0.2, 0.25) is 0 Å². The van der Waals surface area contributed by atoms with E-state index in [0.717, 1.165) is 0 Å². The fourth-order valence-corrected chi connectivity index (χ4v) is 0.433. The van der Waals surface area contributed by atoms with Gasteiger partial charge in [-0.2, -0.15) is 0 Å². The van der Waals surface area contributed by atoms with E-state index in [2.05, 4.69) is 15.9 Å². The van der Waals surface area contributed by atoms with Crippen molar-refractivity contribution < 1.29 is 15.1 Å². The van der Waals surface area contributed by atoms with Crippen LogP contribution in [-0.4, -0.2) is 4.80 Å². The van der Waals surface area contributed by atoms with Gasteiger partial charge >= 0.3 is 0 Å². The highest BCUT2D eigenvalue weighted by Crippen LogP contribution is 2.22. The smallest absolute Gasteiger partial charge is 0.0423 e. The maximum atomic E-state index is 7.64. The molecule has 7 heavy (non-hydrogen) atoms.